The van der Waals surface area contributed by atoms with Crippen LogP contribution in [0.15, 0.2) is 59.6 Å². The van der Waals surface area contributed by atoms with E-state index in [0.29, 0.717) is 5.69 Å². The van der Waals surface area contributed by atoms with Crippen LogP contribution < -0.4 is 10.0 Å². The quantitative estimate of drug-likeness (QED) is 0.704. The number of hydrogen-bond acceptors (Lipinski definition) is 5. The minimum atomic E-state index is -4.06. The van der Waals surface area contributed by atoms with E-state index in [4.69, 9.17) is 0 Å². The normalized spacial score (nSPS) is 10.9. The summed E-state index contributed by atoms with van der Waals surface area (Å²) in [5, 5.41) is 15.9. The lowest BCUT2D eigenvalue weighted by molar-refractivity contribution is 0.256. The number of carbonyl (C=O) groups is 1. The van der Waals surface area contributed by atoms with Gasteiger partial charge in [-0.25, -0.2) is 22.6 Å². The third-order valence-electron chi connectivity index (χ3n) is 4.02. The summed E-state index contributed by atoms with van der Waals surface area (Å²) in [6.45, 7) is 3.68. The van der Waals surface area contributed by atoms with Crippen LogP contribution >= 0.6 is 0 Å². The molecule has 0 aliphatic heterocycles. The summed E-state index contributed by atoms with van der Waals surface area (Å²) in [5.41, 5.74) is 2.52. The first kappa shape index (κ1) is 19.1. The Morgan fingerprint density at radius 3 is 2.43 bits per heavy atom. The first-order valence-electron chi connectivity index (χ1n) is 8.26. The molecule has 0 unspecified atom stereocenters. The SMILES string of the molecule is Cc1ccc(S(=O)(=O)NC(=O)Nc2c(C#N)cnn2-c2ccccc2C)cc1. The zero-order valence-electron chi connectivity index (χ0n) is 15.2. The standard InChI is InChI=1S/C19H17N5O3S/c1-13-7-9-16(10-8-13)28(26,27)23-19(25)22-18-15(11-20)12-21-24(18)17-6-4-3-5-14(17)2/h3-10,12H,1-2H3,(H2,22,23,25). The number of benzene rings is 2. The van der Waals surface area contributed by atoms with Crippen molar-refractivity contribution in [2.24, 2.45) is 0 Å². The van der Waals surface area contributed by atoms with Gasteiger partial charge in [0.15, 0.2) is 5.82 Å². The Labute approximate surface area is 162 Å². The molecule has 0 fully saturated rings. The summed E-state index contributed by atoms with van der Waals surface area (Å²) in [6.07, 6.45) is 1.30. The van der Waals surface area contributed by atoms with Gasteiger partial charge in [-0.15, -0.1) is 0 Å². The minimum absolute atomic E-state index is 0.0406. The number of urea groups is 1. The van der Waals surface area contributed by atoms with Crippen molar-refractivity contribution in [2.75, 3.05) is 5.32 Å². The van der Waals surface area contributed by atoms with Crippen molar-refractivity contribution in [1.82, 2.24) is 14.5 Å². The number of rotatable bonds is 4. The molecule has 2 N–H and O–H groups in total. The molecule has 0 radical (unpaired) electrons. The van der Waals surface area contributed by atoms with Crippen molar-refractivity contribution < 1.29 is 13.2 Å². The predicted molar refractivity (Wildman–Crippen MR) is 104 cm³/mol. The highest BCUT2D eigenvalue weighted by Crippen LogP contribution is 2.22. The Kier molecular flexibility index (Phi) is 5.15. The lowest BCUT2D eigenvalue weighted by Gasteiger charge is -2.12. The summed E-state index contributed by atoms with van der Waals surface area (Å²) < 4.78 is 28.1. The van der Waals surface area contributed by atoms with Crippen molar-refractivity contribution in [2.45, 2.75) is 18.7 Å². The second kappa shape index (κ2) is 7.54. The molecule has 2 amide bonds. The average Bonchev–Trinajstić information content (AvgIpc) is 3.04. The monoisotopic (exact) mass is 395 g/mol. The van der Waals surface area contributed by atoms with Crippen LogP contribution in [-0.2, 0) is 10.0 Å². The maximum absolute atomic E-state index is 12.4. The lowest BCUT2D eigenvalue weighted by Crippen LogP contribution is -2.35. The van der Waals surface area contributed by atoms with Gasteiger partial charge in [-0.1, -0.05) is 35.9 Å². The smallest absolute Gasteiger partial charge is 0.290 e. The molecule has 8 nitrogen and oxygen atoms in total. The van der Waals surface area contributed by atoms with Gasteiger partial charge >= 0.3 is 6.03 Å². The van der Waals surface area contributed by atoms with Gasteiger partial charge in [0.25, 0.3) is 10.0 Å². The molecule has 2 aromatic carbocycles. The fraction of sp³-hybridized carbons (Fsp3) is 0.105. The van der Waals surface area contributed by atoms with E-state index in [1.54, 1.807) is 24.3 Å². The second-order valence-electron chi connectivity index (χ2n) is 6.09. The molecule has 0 aliphatic rings. The van der Waals surface area contributed by atoms with E-state index in [-0.39, 0.29) is 16.3 Å². The molecule has 0 spiro atoms. The van der Waals surface area contributed by atoms with E-state index in [1.807, 2.05) is 36.8 Å². The highest BCUT2D eigenvalue weighted by molar-refractivity contribution is 7.90. The number of anilines is 1. The average molecular weight is 395 g/mol. The topological polar surface area (TPSA) is 117 Å². The molecule has 0 bridgehead atoms. The van der Waals surface area contributed by atoms with Crippen LogP contribution in [0.4, 0.5) is 10.6 Å². The van der Waals surface area contributed by atoms with E-state index >= 15 is 0 Å². The number of hydrogen-bond donors (Lipinski definition) is 2. The van der Waals surface area contributed by atoms with Crippen LogP contribution in [0.1, 0.15) is 16.7 Å². The Morgan fingerprint density at radius 1 is 1.11 bits per heavy atom. The van der Waals surface area contributed by atoms with E-state index in [9.17, 15) is 18.5 Å². The zero-order valence-corrected chi connectivity index (χ0v) is 16.0. The van der Waals surface area contributed by atoms with Crippen molar-refractivity contribution >= 4 is 21.9 Å². The Bertz CT molecular complexity index is 1180. The number of sulfonamides is 1. The van der Waals surface area contributed by atoms with Crippen LogP contribution in [-0.4, -0.2) is 24.2 Å². The van der Waals surface area contributed by atoms with Crippen molar-refractivity contribution in [3.63, 3.8) is 0 Å². The first-order valence-corrected chi connectivity index (χ1v) is 9.75. The van der Waals surface area contributed by atoms with Crippen LogP contribution in [0.5, 0.6) is 0 Å². The lowest BCUT2D eigenvalue weighted by atomic mass is 10.2. The molecule has 1 aromatic heterocycles. The summed E-state index contributed by atoms with van der Waals surface area (Å²) >= 11 is 0. The number of nitriles is 1. The first-order chi connectivity index (χ1) is 13.3. The molecular formula is C19H17N5O3S. The summed E-state index contributed by atoms with van der Waals surface area (Å²) in [4.78, 5) is 12.3. The van der Waals surface area contributed by atoms with Crippen molar-refractivity contribution in [3.05, 3.63) is 71.4 Å². The van der Waals surface area contributed by atoms with Crippen LogP contribution in [0, 0.1) is 25.2 Å². The van der Waals surface area contributed by atoms with Gasteiger partial charge in [0.1, 0.15) is 11.6 Å². The fourth-order valence-corrected chi connectivity index (χ4v) is 3.47. The van der Waals surface area contributed by atoms with E-state index in [1.165, 1.54) is 23.0 Å². The molecule has 0 atom stereocenters. The number of nitrogens with zero attached hydrogens (tertiary/aromatic N) is 3. The zero-order chi connectivity index (χ0) is 20.3. The highest BCUT2D eigenvalue weighted by Gasteiger charge is 2.21. The predicted octanol–water partition coefficient (Wildman–Crippen LogP) is 2.87. The van der Waals surface area contributed by atoms with Gasteiger partial charge in [-0.05, 0) is 37.6 Å². The largest absolute Gasteiger partial charge is 0.334 e. The van der Waals surface area contributed by atoms with Crippen LogP contribution in [0.3, 0.4) is 0 Å². The van der Waals surface area contributed by atoms with E-state index < -0.39 is 16.1 Å². The Morgan fingerprint density at radius 2 is 1.79 bits per heavy atom. The molecule has 142 valence electrons. The number of nitrogens with one attached hydrogen (secondary N) is 2. The van der Waals surface area contributed by atoms with Crippen LogP contribution in [0.25, 0.3) is 5.69 Å². The van der Waals surface area contributed by atoms with Gasteiger partial charge in [0.2, 0.25) is 0 Å². The molecular weight excluding hydrogens is 378 g/mol. The van der Waals surface area contributed by atoms with Crippen molar-refractivity contribution in [1.29, 1.82) is 5.26 Å². The molecule has 0 saturated carbocycles. The molecule has 0 aliphatic carbocycles. The van der Waals surface area contributed by atoms with Crippen molar-refractivity contribution in [3.8, 4) is 11.8 Å². The highest BCUT2D eigenvalue weighted by atomic mass is 32.2. The van der Waals surface area contributed by atoms with Gasteiger partial charge in [0, 0.05) is 0 Å². The molecule has 0 saturated heterocycles. The number of aryl methyl sites for hydroxylation is 2. The third-order valence-corrected chi connectivity index (χ3v) is 5.37. The third kappa shape index (κ3) is 3.87. The van der Waals surface area contributed by atoms with Gasteiger partial charge < -0.3 is 0 Å². The molecule has 1 heterocycles. The molecule has 3 rings (SSSR count). The molecule has 28 heavy (non-hydrogen) atoms. The Hall–Kier alpha value is -3.64. The van der Waals surface area contributed by atoms with Gasteiger partial charge in [0.05, 0.1) is 16.8 Å². The summed E-state index contributed by atoms with van der Waals surface area (Å²) in [5.74, 6) is 0.0772. The number of aromatic nitrogens is 2. The molecule has 9 heteroatoms. The van der Waals surface area contributed by atoms with E-state index in [0.717, 1.165) is 11.1 Å². The summed E-state index contributed by atoms with van der Waals surface area (Å²) in [7, 11) is -4.06. The number of carbonyl (C=O) groups excluding carboxylic acids is 1. The molecule has 3 aromatic rings. The Balaban J connectivity index is 1.89. The van der Waals surface area contributed by atoms with Gasteiger partial charge in [-0.2, -0.15) is 10.4 Å². The number of amides is 2. The van der Waals surface area contributed by atoms with Gasteiger partial charge in [-0.3, -0.25) is 5.32 Å². The number of para-hydroxylation sites is 1. The van der Waals surface area contributed by atoms with E-state index in [2.05, 4.69) is 10.4 Å². The maximum atomic E-state index is 12.4. The fourth-order valence-electron chi connectivity index (χ4n) is 2.57. The maximum Gasteiger partial charge on any atom is 0.334 e. The second-order valence-corrected chi connectivity index (χ2v) is 7.77. The van der Waals surface area contributed by atoms with Crippen LogP contribution in [0.2, 0.25) is 0 Å². The minimum Gasteiger partial charge on any atom is -0.290 e. The summed E-state index contributed by atoms with van der Waals surface area (Å²) in [6, 6.07) is 14.3.